The Bertz CT molecular complexity index is 565. The molecule has 0 fully saturated rings. The Hall–Kier alpha value is -2.19. The summed E-state index contributed by atoms with van der Waals surface area (Å²) in [6.07, 6.45) is 6.09. The zero-order valence-corrected chi connectivity index (χ0v) is 10.2. The van der Waals surface area contributed by atoms with E-state index in [2.05, 4.69) is 16.0 Å². The SMILES string of the molecule is CC(N)Cc1cn(Cc2cccnc2C#N)cn1. The average molecular weight is 241 g/mol. The fourth-order valence-corrected chi connectivity index (χ4v) is 1.79. The molecule has 5 nitrogen and oxygen atoms in total. The molecule has 0 aliphatic carbocycles. The van der Waals surface area contributed by atoms with Crippen LogP contribution >= 0.6 is 0 Å². The molecular formula is C13H15N5. The standard InChI is InChI=1S/C13H15N5/c1-10(15)5-12-8-18(9-17-12)7-11-3-2-4-16-13(11)6-14/h2-4,8-10H,5,7,15H2,1H3. The van der Waals surface area contributed by atoms with Crippen molar-refractivity contribution in [3.8, 4) is 6.07 Å². The molecule has 0 radical (unpaired) electrons. The molecule has 1 atom stereocenters. The Kier molecular flexibility index (Phi) is 3.70. The number of nitrogens with two attached hydrogens (primary N) is 1. The molecule has 0 bridgehead atoms. The van der Waals surface area contributed by atoms with Crippen LogP contribution in [0.5, 0.6) is 0 Å². The molecule has 18 heavy (non-hydrogen) atoms. The molecular weight excluding hydrogens is 226 g/mol. The van der Waals surface area contributed by atoms with Gasteiger partial charge in [0.05, 0.1) is 18.6 Å². The van der Waals surface area contributed by atoms with Crippen LogP contribution in [0.2, 0.25) is 0 Å². The first-order valence-corrected chi connectivity index (χ1v) is 5.79. The van der Waals surface area contributed by atoms with Gasteiger partial charge < -0.3 is 10.3 Å². The molecule has 2 aromatic heterocycles. The summed E-state index contributed by atoms with van der Waals surface area (Å²) < 4.78 is 1.94. The minimum absolute atomic E-state index is 0.0985. The molecule has 0 amide bonds. The number of nitrogens with zero attached hydrogens (tertiary/aromatic N) is 4. The highest BCUT2D eigenvalue weighted by molar-refractivity contribution is 5.30. The molecule has 0 aliphatic heterocycles. The van der Waals surface area contributed by atoms with E-state index in [0.29, 0.717) is 12.2 Å². The number of pyridine rings is 1. The number of imidazole rings is 1. The molecule has 5 heteroatoms. The molecule has 2 N–H and O–H groups in total. The first-order valence-electron chi connectivity index (χ1n) is 5.79. The van der Waals surface area contributed by atoms with Gasteiger partial charge >= 0.3 is 0 Å². The number of nitriles is 1. The molecule has 0 saturated heterocycles. The highest BCUT2D eigenvalue weighted by atomic mass is 15.0. The third-order valence-corrected chi connectivity index (χ3v) is 2.57. The van der Waals surface area contributed by atoms with E-state index in [4.69, 9.17) is 11.0 Å². The van der Waals surface area contributed by atoms with Crippen molar-refractivity contribution in [3.05, 3.63) is 47.8 Å². The van der Waals surface area contributed by atoms with Crippen LogP contribution in [0.15, 0.2) is 30.9 Å². The van der Waals surface area contributed by atoms with Crippen molar-refractivity contribution in [1.82, 2.24) is 14.5 Å². The second-order valence-corrected chi connectivity index (χ2v) is 4.34. The molecule has 2 heterocycles. The maximum atomic E-state index is 8.97. The number of hydrogen-bond donors (Lipinski definition) is 1. The predicted molar refractivity (Wildman–Crippen MR) is 67.6 cm³/mol. The zero-order chi connectivity index (χ0) is 13.0. The summed E-state index contributed by atoms with van der Waals surface area (Å²) in [5.74, 6) is 0. The average Bonchev–Trinajstić information content (AvgIpc) is 2.76. The normalized spacial score (nSPS) is 12.1. The van der Waals surface area contributed by atoms with Crippen LogP contribution in [0.3, 0.4) is 0 Å². The van der Waals surface area contributed by atoms with Gasteiger partial charge in [0.2, 0.25) is 0 Å². The Labute approximate surface area is 106 Å². The zero-order valence-electron chi connectivity index (χ0n) is 10.2. The van der Waals surface area contributed by atoms with Crippen molar-refractivity contribution in [2.75, 3.05) is 0 Å². The van der Waals surface area contributed by atoms with E-state index >= 15 is 0 Å². The Morgan fingerprint density at radius 1 is 1.50 bits per heavy atom. The van der Waals surface area contributed by atoms with Crippen LogP contribution in [0.1, 0.15) is 23.9 Å². The second-order valence-electron chi connectivity index (χ2n) is 4.34. The molecule has 0 aliphatic rings. The molecule has 2 aromatic rings. The number of hydrogen-bond acceptors (Lipinski definition) is 4. The first kappa shape index (κ1) is 12.3. The van der Waals surface area contributed by atoms with E-state index in [1.54, 1.807) is 12.5 Å². The quantitative estimate of drug-likeness (QED) is 0.868. The number of aromatic nitrogens is 3. The van der Waals surface area contributed by atoms with Gasteiger partial charge in [-0.2, -0.15) is 5.26 Å². The molecule has 0 spiro atoms. The molecule has 0 saturated carbocycles. The lowest BCUT2D eigenvalue weighted by atomic mass is 10.2. The van der Waals surface area contributed by atoms with Crippen LogP contribution in [-0.2, 0) is 13.0 Å². The highest BCUT2D eigenvalue weighted by Crippen LogP contribution is 2.08. The third kappa shape index (κ3) is 2.93. The van der Waals surface area contributed by atoms with Gasteiger partial charge in [-0.25, -0.2) is 9.97 Å². The van der Waals surface area contributed by atoms with E-state index in [9.17, 15) is 0 Å². The van der Waals surface area contributed by atoms with E-state index in [-0.39, 0.29) is 6.04 Å². The van der Waals surface area contributed by atoms with E-state index in [0.717, 1.165) is 17.7 Å². The van der Waals surface area contributed by atoms with Gasteiger partial charge in [-0.1, -0.05) is 6.07 Å². The van der Waals surface area contributed by atoms with Gasteiger partial charge in [0, 0.05) is 30.4 Å². The fraction of sp³-hybridized carbons (Fsp3) is 0.308. The van der Waals surface area contributed by atoms with E-state index in [1.165, 1.54) is 0 Å². The first-order chi connectivity index (χ1) is 8.69. The summed E-state index contributed by atoms with van der Waals surface area (Å²) in [5.41, 5.74) is 8.05. The molecule has 0 aromatic carbocycles. The molecule has 92 valence electrons. The van der Waals surface area contributed by atoms with Gasteiger partial charge in [-0.05, 0) is 13.0 Å². The largest absolute Gasteiger partial charge is 0.333 e. The highest BCUT2D eigenvalue weighted by Gasteiger charge is 2.05. The molecule has 2 rings (SSSR count). The minimum atomic E-state index is 0.0985. The summed E-state index contributed by atoms with van der Waals surface area (Å²) in [7, 11) is 0. The monoisotopic (exact) mass is 241 g/mol. The van der Waals surface area contributed by atoms with Gasteiger partial charge in [-0.3, -0.25) is 0 Å². The van der Waals surface area contributed by atoms with Crippen molar-refractivity contribution in [1.29, 1.82) is 5.26 Å². The lowest BCUT2D eigenvalue weighted by Gasteiger charge is -2.03. The van der Waals surface area contributed by atoms with Crippen molar-refractivity contribution in [3.63, 3.8) is 0 Å². The van der Waals surface area contributed by atoms with Gasteiger partial charge in [-0.15, -0.1) is 0 Å². The lowest BCUT2D eigenvalue weighted by Crippen LogP contribution is -2.17. The maximum Gasteiger partial charge on any atom is 0.145 e. The summed E-state index contributed by atoms with van der Waals surface area (Å²) in [6, 6.07) is 5.92. The van der Waals surface area contributed by atoms with Crippen LogP contribution < -0.4 is 5.73 Å². The van der Waals surface area contributed by atoms with Crippen molar-refractivity contribution < 1.29 is 0 Å². The lowest BCUT2D eigenvalue weighted by molar-refractivity contribution is 0.723. The summed E-state index contributed by atoms with van der Waals surface area (Å²) in [5, 5.41) is 8.97. The summed E-state index contributed by atoms with van der Waals surface area (Å²) >= 11 is 0. The number of rotatable bonds is 4. The third-order valence-electron chi connectivity index (χ3n) is 2.57. The Morgan fingerprint density at radius 2 is 2.33 bits per heavy atom. The van der Waals surface area contributed by atoms with Crippen LogP contribution in [0, 0.1) is 11.3 Å². The summed E-state index contributed by atoms with van der Waals surface area (Å²) in [4.78, 5) is 8.32. The van der Waals surface area contributed by atoms with Crippen molar-refractivity contribution in [2.24, 2.45) is 5.73 Å². The Morgan fingerprint density at radius 3 is 3.06 bits per heavy atom. The topological polar surface area (TPSA) is 80.5 Å². The predicted octanol–water partition coefficient (Wildman–Crippen LogP) is 1.09. The second kappa shape index (κ2) is 5.43. The van der Waals surface area contributed by atoms with E-state index < -0.39 is 0 Å². The smallest absolute Gasteiger partial charge is 0.145 e. The maximum absolute atomic E-state index is 8.97. The van der Waals surface area contributed by atoms with Crippen LogP contribution in [-0.4, -0.2) is 20.6 Å². The fourth-order valence-electron chi connectivity index (χ4n) is 1.79. The minimum Gasteiger partial charge on any atom is -0.333 e. The summed E-state index contributed by atoms with van der Waals surface area (Å²) in [6.45, 7) is 2.55. The van der Waals surface area contributed by atoms with E-state index in [1.807, 2.05) is 29.8 Å². The van der Waals surface area contributed by atoms with Crippen molar-refractivity contribution >= 4 is 0 Å². The van der Waals surface area contributed by atoms with Gasteiger partial charge in [0.1, 0.15) is 11.8 Å². The van der Waals surface area contributed by atoms with Crippen LogP contribution in [0.4, 0.5) is 0 Å². The molecule has 1 unspecified atom stereocenters. The van der Waals surface area contributed by atoms with Gasteiger partial charge in [0.25, 0.3) is 0 Å². The van der Waals surface area contributed by atoms with Crippen molar-refractivity contribution in [2.45, 2.75) is 25.9 Å². The van der Waals surface area contributed by atoms with Crippen LogP contribution in [0.25, 0.3) is 0 Å². The van der Waals surface area contributed by atoms with Gasteiger partial charge in [0.15, 0.2) is 0 Å². The Balaban J connectivity index is 2.14.